The molecule has 0 aliphatic heterocycles. The van der Waals surface area contributed by atoms with E-state index in [1.807, 2.05) is 32.3 Å². The lowest BCUT2D eigenvalue weighted by atomic mass is 10.3. The van der Waals surface area contributed by atoms with Gasteiger partial charge in [0.15, 0.2) is 0 Å². The lowest BCUT2D eigenvalue weighted by Gasteiger charge is -2.11. The molecule has 0 unspecified atom stereocenters. The SMILES string of the molecule is CN(C)CCOc1ccc2c(c1)n(C)c(=O)n2C. The molecule has 98 valence electrons. The molecule has 2 rings (SSSR count). The molecule has 0 atom stereocenters. The fourth-order valence-electron chi connectivity index (χ4n) is 1.92. The van der Waals surface area contributed by atoms with E-state index in [1.54, 1.807) is 23.2 Å². The summed E-state index contributed by atoms with van der Waals surface area (Å²) in [7, 11) is 7.56. The summed E-state index contributed by atoms with van der Waals surface area (Å²) in [6.45, 7) is 1.51. The van der Waals surface area contributed by atoms with Gasteiger partial charge in [0.05, 0.1) is 11.0 Å². The Hall–Kier alpha value is -1.75. The average molecular weight is 249 g/mol. The highest BCUT2D eigenvalue weighted by Crippen LogP contribution is 2.19. The van der Waals surface area contributed by atoms with Crippen LogP contribution in [0.5, 0.6) is 5.75 Å². The number of aromatic nitrogens is 2. The van der Waals surface area contributed by atoms with Crippen LogP contribution in [0.4, 0.5) is 0 Å². The number of hydrogen-bond donors (Lipinski definition) is 0. The maximum Gasteiger partial charge on any atom is 0.328 e. The van der Waals surface area contributed by atoms with Gasteiger partial charge in [-0.3, -0.25) is 9.13 Å². The molecule has 18 heavy (non-hydrogen) atoms. The maximum atomic E-state index is 11.8. The van der Waals surface area contributed by atoms with Crippen LogP contribution < -0.4 is 10.4 Å². The van der Waals surface area contributed by atoms with Gasteiger partial charge in [0.25, 0.3) is 0 Å². The topological polar surface area (TPSA) is 39.4 Å². The summed E-state index contributed by atoms with van der Waals surface area (Å²) in [5.41, 5.74) is 1.79. The van der Waals surface area contributed by atoms with Crippen molar-refractivity contribution >= 4 is 11.0 Å². The van der Waals surface area contributed by atoms with Crippen LogP contribution >= 0.6 is 0 Å². The Bertz CT molecular complexity index is 610. The van der Waals surface area contributed by atoms with Gasteiger partial charge in [0.2, 0.25) is 0 Å². The Morgan fingerprint density at radius 3 is 2.50 bits per heavy atom. The largest absolute Gasteiger partial charge is 0.492 e. The van der Waals surface area contributed by atoms with Crippen LogP contribution in [0.15, 0.2) is 23.0 Å². The molecule has 5 nitrogen and oxygen atoms in total. The minimum Gasteiger partial charge on any atom is -0.492 e. The molecule has 0 aliphatic carbocycles. The molecule has 1 heterocycles. The van der Waals surface area contributed by atoms with E-state index < -0.39 is 0 Å². The molecule has 0 radical (unpaired) electrons. The predicted molar refractivity (Wildman–Crippen MR) is 72.2 cm³/mol. The molecule has 0 saturated carbocycles. The summed E-state index contributed by atoms with van der Waals surface area (Å²) in [6, 6.07) is 5.73. The van der Waals surface area contributed by atoms with E-state index >= 15 is 0 Å². The van der Waals surface area contributed by atoms with E-state index in [4.69, 9.17) is 4.74 Å². The normalized spacial score (nSPS) is 11.4. The lowest BCUT2D eigenvalue weighted by molar-refractivity contribution is 0.261. The molecule has 0 bridgehead atoms. The quantitative estimate of drug-likeness (QED) is 0.805. The van der Waals surface area contributed by atoms with Crippen molar-refractivity contribution in [2.45, 2.75) is 0 Å². The van der Waals surface area contributed by atoms with Gasteiger partial charge in [-0.2, -0.15) is 0 Å². The Kier molecular flexibility index (Phi) is 3.43. The highest BCUT2D eigenvalue weighted by Gasteiger charge is 2.08. The Balaban J connectivity index is 2.27. The summed E-state index contributed by atoms with van der Waals surface area (Å²) < 4.78 is 8.93. The Morgan fingerprint density at radius 1 is 1.17 bits per heavy atom. The predicted octanol–water partition coefficient (Wildman–Crippen LogP) is 0.817. The van der Waals surface area contributed by atoms with Crippen LogP contribution in [0.25, 0.3) is 11.0 Å². The number of hydrogen-bond acceptors (Lipinski definition) is 3. The van der Waals surface area contributed by atoms with E-state index in [0.717, 1.165) is 23.3 Å². The molecular formula is C13H19N3O2. The standard InChI is InChI=1S/C13H19N3O2/c1-14(2)7-8-18-10-5-6-11-12(9-10)16(4)13(17)15(11)3/h5-6,9H,7-8H2,1-4H3. The number of imidazole rings is 1. The highest BCUT2D eigenvalue weighted by atomic mass is 16.5. The molecular weight excluding hydrogens is 230 g/mol. The van der Waals surface area contributed by atoms with Gasteiger partial charge in [-0.05, 0) is 26.2 Å². The fourth-order valence-corrected chi connectivity index (χ4v) is 1.92. The van der Waals surface area contributed by atoms with Gasteiger partial charge in [0, 0.05) is 26.7 Å². The second kappa shape index (κ2) is 4.86. The number of ether oxygens (including phenoxy) is 1. The molecule has 0 aliphatic rings. The average Bonchev–Trinajstić information content (AvgIpc) is 2.54. The van der Waals surface area contributed by atoms with E-state index in [9.17, 15) is 4.79 Å². The van der Waals surface area contributed by atoms with E-state index in [1.165, 1.54) is 0 Å². The van der Waals surface area contributed by atoms with E-state index in [0.29, 0.717) is 6.61 Å². The van der Waals surface area contributed by atoms with Gasteiger partial charge in [0.1, 0.15) is 12.4 Å². The van der Waals surface area contributed by atoms with Gasteiger partial charge in [-0.25, -0.2) is 4.79 Å². The summed E-state index contributed by atoms with van der Waals surface area (Å²) in [5, 5.41) is 0. The second-order valence-electron chi connectivity index (χ2n) is 4.70. The molecule has 0 N–H and O–H groups in total. The molecule has 0 saturated heterocycles. The van der Waals surface area contributed by atoms with Gasteiger partial charge >= 0.3 is 5.69 Å². The zero-order valence-electron chi connectivity index (χ0n) is 11.3. The Morgan fingerprint density at radius 2 is 1.83 bits per heavy atom. The molecule has 5 heteroatoms. The molecule has 0 fully saturated rings. The zero-order chi connectivity index (χ0) is 13.3. The maximum absolute atomic E-state index is 11.8. The third-order valence-corrected chi connectivity index (χ3v) is 3.05. The number of aryl methyl sites for hydroxylation is 2. The zero-order valence-corrected chi connectivity index (χ0v) is 11.3. The third kappa shape index (κ3) is 2.26. The molecule has 0 amide bonds. The van der Waals surface area contributed by atoms with Crippen molar-refractivity contribution in [2.75, 3.05) is 27.2 Å². The van der Waals surface area contributed by atoms with Crippen molar-refractivity contribution in [1.29, 1.82) is 0 Å². The van der Waals surface area contributed by atoms with Crippen molar-refractivity contribution in [3.8, 4) is 5.75 Å². The molecule has 2 aromatic rings. The third-order valence-electron chi connectivity index (χ3n) is 3.05. The van der Waals surface area contributed by atoms with Gasteiger partial charge < -0.3 is 9.64 Å². The summed E-state index contributed by atoms with van der Waals surface area (Å²) in [5.74, 6) is 0.797. The smallest absolute Gasteiger partial charge is 0.328 e. The van der Waals surface area contributed by atoms with E-state index in [2.05, 4.69) is 4.90 Å². The number of fused-ring (bicyclic) bond motifs is 1. The first-order valence-electron chi connectivity index (χ1n) is 5.93. The Labute approximate surface area is 106 Å². The summed E-state index contributed by atoms with van der Waals surface area (Å²) in [6.07, 6.45) is 0. The van der Waals surface area contributed by atoms with Crippen molar-refractivity contribution in [3.63, 3.8) is 0 Å². The van der Waals surface area contributed by atoms with Crippen LogP contribution in [0, 0.1) is 0 Å². The monoisotopic (exact) mass is 249 g/mol. The first kappa shape index (κ1) is 12.7. The second-order valence-corrected chi connectivity index (χ2v) is 4.70. The van der Waals surface area contributed by atoms with Crippen molar-refractivity contribution in [2.24, 2.45) is 14.1 Å². The van der Waals surface area contributed by atoms with Crippen LogP contribution in [0.1, 0.15) is 0 Å². The minimum absolute atomic E-state index is 0.0181. The number of rotatable bonds is 4. The molecule has 1 aromatic carbocycles. The minimum atomic E-state index is -0.0181. The van der Waals surface area contributed by atoms with Crippen LogP contribution in [0.3, 0.4) is 0 Å². The molecule has 1 aromatic heterocycles. The summed E-state index contributed by atoms with van der Waals surface area (Å²) in [4.78, 5) is 13.8. The first-order valence-corrected chi connectivity index (χ1v) is 5.93. The summed E-state index contributed by atoms with van der Waals surface area (Å²) >= 11 is 0. The van der Waals surface area contributed by atoms with Crippen molar-refractivity contribution in [3.05, 3.63) is 28.7 Å². The van der Waals surface area contributed by atoms with Gasteiger partial charge in [-0.15, -0.1) is 0 Å². The number of nitrogens with zero attached hydrogens (tertiary/aromatic N) is 3. The first-order chi connectivity index (χ1) is 8.50. The van der Waals surface area contributed by atoms with Crippen molar-refractivity contribution in [1.82, 2.24) is 14.0 Å². The lowest BCUT2D eigenvalue weighted by Crippen LogP contribution is -2.19. The highest BCUT2D eigenvalue weighted by molar-refractivity contribution is 5.77. The van der Waals surface area contributed by atoms with Crippen LogP contribution in [0.2, 0.25) is 0 Å². The van der Waals surface area contributed by atoms with Crippen LogP contribution in [-0.2, 0) is 14.1 Å². The number of likely N-dealkylation sites (N-methyl/N-ethyl adjacent to an activating group) is 1. The van der Waals surface area contributed by atoms with E-state index in [-0.39, 0.29) is 5.69 Å². The van der Waals surface area contributed by atoms with Crippen molar-refractivity contribution < 1.29 is 4.74 Å². The molecule has 0 spiro atoms. The number of benzene rings is 1. The van der Waals surface area contributed by atoms with Crippen LogP contribution in [-0.4, -0.2) is 41.3 Å². The fraction of sp³-hybridized carbons (Fsp3) is 0.462. The van der Waals surface area contributed by atoms with Gasteiger partial charge in [-0.1, -0.05) is 0 Å².